The molecule has 2 N–H and O–H groups in total. The molecule has 0 radical (unpaired) electrons. The van der Waals surface area contributed by atoms with Gasteiger partial charge < -0.3 is 9.84 Å². The predicted octanol–water partition coefficient (Wildman–Crippen LogP) is 2.32. The van der Waals surface area contributed by atoms with Gasteiger partial charge in [-0.2, -0.15) is 0 Å². The molecule has 1 aliphatic heterocycles. The molecule has 1 fully saturated rings. The van der Waals surface area contributed by atoms with Crippen molar-refractivity contribution in [3.05, 3.63) is 23.8 Å². The van der Waals surface area contributed by atoms with Crippen LogP contribution < -0.4 is 9.46 Å². The Morgan fingerprint density at radius 2 is 1.92 bits per heavy atom. The second-order valence-corrected chi connectivity index (χ2v) is 9.03. The number of hydrogen-bond donors (Lipinski definition) is 2. The van der Waals surface area contributed by atoms with Crippen molar-refractivity contribution in [3.63, 3.8) is 0 Å². The summed E-state index contributed by atoms with van der Waals surface area (Å²) in [6, 6.07) is 4.74. The van der Waals surface area contributed by atoms with Gasteiger partial charge in [-0.1, -0.05) is 0 Å². The first kappa shape index (κ1) is 17.2. The Hall–Kier alpha value is -1.60. The van der Waals surface area contributed by atoms with Crippen molar-refractivity contribution in [1.29, 1.82) is 0 Å². The summed E-state index contributed by atoms with van der Waals surface area (Å²) in [6.45, 7) is 3.95. The van der Waals surface area contributed by atoms with E-state index in [0.29, 0.717) is 32.1 Å². The van der Waals surface area contributed by atoms with Gasteiger partial charge in [-0.15, -0.1) is 0 Å². The fourth-order valence-corrected chi connectivity index (χ4v) is 4.85. The summed E-state index contributed by atoms with van der Waals surface area (Å²) in [5.41, 5.74) is 0.588. The van der Waals surface area contributed by atoms with Gasteiger partial charge >= 0.3 is 5.97 Å². The topological polar surface area (TPSA) is 92.7 Å². The third-order valence-electron chi connectivity index (χ3n) is 4.74. The van der Waals surface area contributed by atoms with Gasteiger partial charge in [0, 0.05) is 12.5 Å². The number of carboxylic acids is 1. The summed E-state index contributed by atoms with van der Waals surface area (Å²) in [5, 5.41) is 9.02. The number of aliphatic carboxylic acids is 1. The minimum Gasteiger partial charge on any atom is -0.487 e. The molecule has 0 saturated heterocycles. The van der Waals surface area contributed by atoms with Gasteiger partial charge in [0.1, 0.15) is 11.4 Å². The molecule has 7 heteroatoms. The quantitative estimate of drug-likeness (QED) is 0.866. The molecule has 1 aromatic carbocycles. The normalized spacial score (nSPS) is 25.8. The zero-order valence-corrected chi connectivity index (χ0v) is 14.7. The number of hydrogen-bond acceptors (Lipinski definition) is 4. The summed E-state index contributed by atoms with van der Waals surface area (Å²) in [6.07, 6.45) is 2.80. The number of ether oxygens (including phenoxy) is 1. The van der Waals surface area contributed by atoms with Crippen molar-refractivity contribution in [3.8, 4) is 5.75 Å². The van der Waals surface area contributed by atoms with Crippen LogP contribution in [0, 0.1) is 5.92 Å². The maximum atomic E-state index is 12.6. The van der Waals surface area contributed by atoms with E-state index in [9.17, 15) is 13.2 Å². The van der Waals surface area contributed by atoms with Crippen LogP contribution in [-0.2, 0) is 21.2 Å². The van der Waals surface area contributed by atoms with E-state index >= 15 is 0 Å². The molecule has 0 aromatic heterocycles. The van der Waals surface area contributed by atoms with Crippen LogP contribution in [0.2, 0.25) is 0 Å². The Kier molecular flexibility index (Phi) is 4.34. The monoisotopic (exact) mass is 353 g/mol. The lowest BCUT2D eigenvalue weighted by atomic mass is 9.87. The number of nitrogens with one attached hydrogen (secondary N) is 1. The molecule has 0 amide bonds. The van der Waals surface area contributed by atoms with E-state index in [2.05, 4.69) is 4.72 Å². The summed E-state index contributed by atoms with van der Waals surface area (Å²) >= 11 is 0. The summed E-state index contributed by atoms with van der Waals surface area (Å²) in [5.74, 6) is -0.413. The first-order valence-electron chi connectivity index (χ1n) is 8.23. The van der Waals surface area contributed by atoms with Crippen LogP contribution >= 0.6 is 0 Å². The lowest BCUT2D eigenvalue weighted by molar-refractivity contribution is -0.142. The second-order valence-electron chi connectivity index (χ2n) is 7.32. The lowest BCUT2D eigenvalue weighted by Gasteiger charge is -2.26. The molecule has 1 saturated carbocycles. The van der Waals surface area contributed by atoms with Crippen LogP contribution in [0.1, 0.15) is 45.1 Å². The predicted molar refractivity (Wildman–Crippen MR) is 88.6 cm³/mol. The third-order valence-corrected chi connectivity index (χ3v) is 6.26. The van der Waals surface area contributed by atoms with Crippen molar-refractivity contribution in [2.45, 2.75) is 62.5 Å². The van der Waals surface area contributed by atoms with Crippen LogP contribution in [0.4, 0.5) is 0 Å². The Bertz CT molecular complexity index is 748. The zero-order valence-electron chi connectivity index (χ0n) is 13.9. The van der Waals surface area contributed by atoms with Crippen LogP contribution in [0.15, 0.2) is 23.1 Å². The number of sulfonamides is 1. The minimum absolute atomic E-state index is 0.202. The average Bonchev–Trinajstić information content (AvgIpc) is 2.80. The van der Waals surface area contributed by atoms with Gasteiger partial charge in [-0.3, -0.25) is 4.79 Å². The van der Waals surface area contributed by atoms with E-state index in [4.69, 9.17) is 9.84 Å². The molecule has 24 heavy (non-hydrogen) atoms. The molecule has 1 aromatic rings. The Balaban J connectivity index is 1.70. The molecule has 6 nitrogen and oxygen atoms in total. The number of fused-ring (bicyclic) bond motifs is 1. The minimum atomic E-state index is -3.61. The maximum Gasteiger partial charge on any atom is 0.306 e. The fraction of sp³-hybridized carbons (Fsp3) is 0.588. The molecule has 132 valence electrons. The second kappa shape index (κ2) is 6.04. The van der Waals surface area contributed by atoms with Gasteiger partial charge in [0.25, 0.3) is 0 Å². The maximum absolute atomic E-state index is 12.6. The van der Waals surface area contributed by atoms with Crippen molar-refractivity contribution in [1.82, 2.24) is 4.72 Å². The summed E-state index contributed by atoms with van der Waals surface area (Å²) in [4.78, 5) is 11.2. The van der Waals surface area contributed by atoms with Gasteiger partial charge in [0.05, 0.1) is 10.8 Å². The molecule has 1 heterocycles. The van der Waals surface area contributed by atoms with Gasteiger partial charge in [0.2, 0.25) is 10.0 Å². The molecule has 0 spiro atoms. The van der Waals surface area contributed by atoms with E-state index in [0.717, 1.165) is 11.3 Å². The van der Waals surface area contributed by atoms with E-state index < -0.39 is 16.0 Å². The number of rotatable bonds is 4. The summed E-state index contributed by atoms with van der Waals surface area (Å²) < 4.78 is 33.7. The number of carboxylic acid groups (broad SMARTS) is 1. The van der Waals surface area contributed by atoms with Crippen molar-refractivity contribution in [2.75, 3.05) is 0 Å². The van der Waals surface area contributed by atoms with E-state index in [-0.39, 0.29) is 22.5 Å². The molecular formula is C17H23NO5S. The van der Waals surface area contributed by atoms with E-state index in [1.54, 1.807) is 18.2 Å². The highest BCUT2D eigenvalue weighted by Gasteiger charge is 2.32. The zero-order chi connectivity index (χ0) is 17.5. The van der Waals surface area contributed by atoms with Crippen molar-refractivity contribution >= 4 is 16.0 Å². The first-order valence-corrected chi connectivity index (χ1v) is 9.72. The largest absolute Gasteiger partial charge is 0.487 e. The van der Waals surface area contributed by atoms with Gasteiger partial charge in [0.15, 0.2) is 0 Å². The molecule has 0 bridgehead atoms. The SMILES string of the molecule is CC1(C)Cc2cc(S(=O)(=O)NC3CCC(C(=O)O)CC3)ccc2O1. The highest BCUT2D eigenvalue weighted by molar-refractivity contribution is 7.89. The summed E-state index contributed by atoms with van der Waals surface area (Å²) in [7, 11) is -3.61. The molecule has 3 rings (SSSR count). The van der Waals surface area contributed by atoms with Crippen LogP contribution in [0.5, 0.6) is 5.75 Å². The number of carbonyl (C=O) groups is 1. The highest BCUT2D eigenvalue weighted by Crippen LogP contribution is 2.36. The molecule has 0 unspecified atom stereocenters. The number of benzene rings is 1. The van der Waals surface area contributed by atoms with E-state index in [1.165, 1.54) is 0 Å². The Morgan fingerprint density at radius 3 is 2.54 bits per heavy atom. The molecule has 0 atom stereocenters. The van der Waals surface area contributed by atoms with Gasteiger partial charge in [-0.05, 0) is 63.3 Å². The average molecular weight is 353 g/mol. The van der Waals surface area contributed by atoms with Crippen LogP contribution in [0.3, 0.4) is 0 Å². The molecular weight excluding hydrogens is 330 g/mol. The first-order chi connectivity index (χ1) is 11.2. The van der Waals surface area contributed by atoms with Crippen LogP contribution in [-0.4, -0.2) is 31.1 Å². The van der Waals surface area contributed by atoms with Crippen LogP contribution in [0.25, 0.3) is 0 Å². The molecule has 2 aliphatic rings. The highest BCUT2D eigenvalue weighted by atomic mass is 32.2. The Morgan fingerprint density at radius 1 is 1.25 bits per heavy atom. The van der Waals surface area contributed by atoms with Crippen molar-refractivity contribution in [2.24, 2.45) is 5.92 Å². The fourth-order valence-electron chi connectivity index (χ4n) is 3.50. The third kappa shape index (κ3) is 3.57. The van der Waals surface area contributed by atoms with Crippen molar-refractivity contribution < 1.29 is 23.1 Å². The lowest BCUT2D eigenvalue weighted by Crippen LogP contribution is -2.38. The Labute approximate surface area is 142 Å². The smallest absolute Gasteiger partial charge is 0.306 e. The molecule has 1 aliphatic carbocycles. The van der Waals surface area contributed by atoms with Gasteiger partial charge in [-0.25, -0.2) is 13.1 Å². The standard InChI is InChI=1S/C17H23NO5S/c1-17(2)10-12-9-14(7-8-15(12)23-17)24(21,22)18-13-5-3-11(4-6-13)16(19)20/h7-9,11,13,18H,3-6,10H2,1-2H3,(H,19,20). The van der Waals surface area contributed by atoms with E-state index in [1.807, 2.05) is 13.8 Å².